The zero-order valence-electron chi connectivity index (χ0n) is 11.3. The molecule has 0 radical (unpaired) electrons. The van der Waals surface area contributed by atoms with Crippen LogP contribution in [0.1, 0.15) is 15.9 Å². The van der Waals surface area contributed by atoms with Gasteiger partial charge in [-0.1, -0.05) is 0 Å². The molecule has 1 rings (SSSR count). The van der Waals surface area contributed by atoms with Gasteiger partial charge in [-0.2, -0.15) is 13.2 Å². The quantitative estimate of drug-likeness (QED) is 0.791. The van der Waals surface area contributed by atoms with Crippen molar-refractivity contribution in [3.05, 3.63) is 29.3 Å². The maximum absolute atomic E-state index is 11.8. The van der Waals surface area contributed by atoms with Crippen LogP contribution < -0.4 is 10.6 Å². The minimum Gasteiger partial charge on any atom is -0.388 e. The molecule has 0 aliphatic heterocycles. The summed E-state index contributed by atoms with van der Waals surface area (Å²) in [6, 6.07) is 5.12. The number of anilines is 1. The van der Waals surface area contributed by atoms with Crippen LogP contribution >= 0.6 is 0 Å². The van der Waals surface area contributed by atoms with Crippen molar-refractivity contribution in [1.82, 2.24) is 5.32 Å². The van der Waals surface area contributed by atoms with Gasteiger partial charge in [0.1, 0.15) is 6.61 Å². The molecule has 0 aliphatic carbocycles. The van der Waals surface area contributed by atoms with Crippen molar-refractivity contribution < 1.29 is 22.7 Å². The van der Waals surface area contributed by atoms with Crippen molar-refractivity contribution in [3.63, 3.8) is 0 Å². The lowest BCUT2D eigenvalue weighted by Gasteiger charge is -2.10. The highest BCUT2D eigenvalue weighted by atomic mass is 19.4. The second-order valence-electron chi connectivity index (χ2n) is 4.20. The molecule has 2 N–H and O–H groups in total. The lowest BCUT2D eigenvalue weighted by Crippen LogP contribution is -2.28. The third kappa shape index (κ3) is 5.48. The first-order valence-electron chi connectivity index (χ1n) is 6.04. The van der Waals surface area contributed by atoms with Gasteiger partial charge in [0.25, 0.3) is 5.91 Å². The molecule has 0 spiro atoms. The number of carbonyl (C=O) groups is 1. The van der Waals surface area contributed by atoms with E-state index >= 15 is 0 Å². The van der Waals surface area contributed by atoms with E-state index in [1.165, 1.54) is 0 Å². The van der Waals surface area contributed by atoms with Crippen molar-refractivity contribution in [2.45, 2.75) is 13.1 Å². The standard InChI is InChI=1S/C13H17F3N2O2/c1-9-7-10(3-4-11(9)17-2)12(19)18-5-6-20-8-13(14,15)16/h3-4,7,17H,5-6,8H2,1-2H3,(H,18,19). The number of amides is 1. The van der Waals surface area contributed by atoms with E-state index in [0.29, 0.717) is 5.56 Å². The van der Waals surface area contributed by atoms with Crippen LogP contribution in [0.4, 0.5) is 18.9 Å². The second kappa shape index (κ2) is 7.14. The Balaban J connectivity index is 2.38. The molecule has 1 aromatic rings. The average molecular weight is 290 g/mol. The van der Waals surface area contributed by atoms with E-state index in [0.717, 1.165) is 11.3 Å². The monoisotopic (exact) mass is 290 g/mol. The number of hydrogen-bond acceptors (Lipinski definition) is 3. The summed E-state index contributed by atoms with van der Waals surface area (Å²) in [6.45, 7) is 0.397. The summed E-state index contributed by atoms with van der Waals surface area (Å²) in [5.74, 6) is -0.341. The van der Waals surface area contributed by atoms with Crippen LogP contribution in [0.5, 0.6) is 0 Å². The summed E-state index contributed by atoms with van der Waals surface area (Å²) in [6.07, 6.45) is -4.34. The smallest absolute Gasteiger partial charge is 0.388 e. The minimum atomic E-state index is -4.34. The highest BCUT2D eigenvalue weighted by molar-refractivity contribution is 5.94. The predicted molar refractivity (Wildman–Crippen MR) is 69.9 cm³/mol. The summed E-state index contributed by atoms with van der Waals surface area (Å²) < 4.78 is 39.8. The summed E-state index contributed by atoms with van der Waals surface area (Å²) >= 11 is 0. The Labute approximate surface area is 115 Å². The summed E-state index contributed by atoms with van der Waals surface area (Å²) in [5.41, 5.74) is 2.28. The molecular weight excluding hydrogens is 273 g/mol. The number of hydrogen-bond donors (Lipinski definition) is 2. The van der Waals surface area contributed by atoms with Gasteiger partial charge in [-0.05, 0) is 30.7 Å². The summed E-state index contributed by atoms with van der Waals surface area (Å²) in [5, 5.41) is 5.48. The fourth-order valence-corrected chi connectivity index (χ4v) is 1.61. The lowest BCUT2D eigenvalue weighted by molar-refractivity contribution is -0.173. The lowest BCUT2D eigenvalue weighted by atomic mass is 10.1. The van der Waals surface area contributed by atoms with Gasteiger partial charge in [-0.3, -0.25) is 4.79 Å². The Morgan fingerprint density at radius 2 is 2.05 bits per heavy atom. The van der Waals surface area contributed by atoms with Gasteiger partial charge < -0.3 is 15.4 Å². The van der Waals surface area contributed by atoms with Crippen LogP contribution in [0.3, 0.4) is 0 Å². The number of carbonyl (C=O) groups excluding carboxylic acids is 1. The fourth-order valence-electron chi connectivity index (χ4n) is 1.61. The molecule has 1 aromatic carbocycles. The number of benzene rings is 1. The van der Waals surface area contributed by atoms with Gasteiger partial charge >= 0.3 is 6.18 Å². The van der Waals surface area contributed by atoms with Crippen LogP contribution in [0.2, 0.25) is 0 Å². The van der Waals surface area contributed by atoms with Crippen LogP contribution in [0, 0.1) is 6.92 Å². The molecule has 0 saturated carbocycles. The van der Waals surface area contributed by atoms with Crippen molar-refractivity contribution >= 4 is 11.6 Å². The fraction of sp³-hybridized carbons (Fsp3) is 0.462. The second-order valence-corrected chi connectivity index (χ2v) is 4.20. The number of alkyl halides is 3. The zero-order valence-corrected chi connectivity index (χ0v) is 11.3. The third-order valence-corrected chi connectivity index (χ3v) is 2.56. The van der Waals surface area contributed by atoms with E-state index in [1.54, 1.807) is 25.2 Å². The van der Waals surface area contributed by atoms with Gasteiger partial charge in [0.05, 0.1) is 6.61 Å². The predicted octanol–water partition coefficient (Wildman–Crippen LogP) is 2.35. The normalized spacial score (nSPS) is 11.2. The Hall–Kier alpha value is -1.76. The van der Waals surface area contributed by atoms with E-state index in [9.17, 15) is 18.0 Å². The highest BCUT2D eigenvalue weighted by Gasteiger charge is 2.27. The molecule has 0 aromatic heterocycles. The number of nitrogens with one attached hydrogen (secondary N) is 2. The minimum absolute atomic E-state index is 0.0295. The van der Waals surface area contributed by atoms with Crippen LogP contribution in [0.15, 0.2) is 18.2 Å². The molecule has 0 fully saturated rings. The van der Waals surface area contributed by atoms with Crippen molar-refractivity contribution in [2.75, 3.05) is 32.1 Å². The van der Waals surface area contributed by atoms with E-state index in [4.69, 9.17) is 0 Å². The van der Waals surface area contributed by atoms with Crippen molar-refractivity contribution in [3.8, 4) is 0 Å². The first kappa shape index (κ1) is 16.3. The SMILES string of the molecule is CNc1ccc(C(=O)NCCOCC(F)(F)F)cc1C. The highest BCUT2D eigenvalue weighted by Crippen LogP contribution is 2.16. The van der Waals surface area contributed by atoms with Gasteiger partial charge in [0.2, 0.25) is 0 Å². The molecule has 0 unspecified atom stereocenters. The molecule has 20 heavy (non-hydrogen) atoms. The van der Waals surface area contributed by atoms with Crippen LogP contribution in [0.25, 0.3) is 0 Å². The molecule has 112 valence electrons. The molecule has 0 bridgehead atoms. The van der Waals surface area contributed by atoms with E-state index in [1.807, 2.05) is 6.92 Å². The van der Waals surface area contributed by atoms with Crippen LogP contribution in [-0.2, 0) is 4.74 Å². The maximum atomic E-state index is 11.8. The molecule has 0 heterocycles. The number of ether oxygens (including phenoxy) is 1. The zero-order chi connectivity index (χ0) is 15.2. The first-order chi connectivity index (χ1) is 9.33. The molecular formula is C13H17F3N2O2. The van der Waals surface area contributed by atoms with E-state index in [2.05, 4.69) is 15.4 Å². The Morgan fingerprint density at radius 3 is 2.60 bits per heavy atom. The first-order valence-corrected chi connectivity index (χ1v) is 6.04. The van der Waals surface area contributed by atoms with Gasteiger partial charge in [0.15, 0.2) is 0 Å². The molecule has 0 atom stereocenters. The number of rotatable bonds is 6. The molecule has 1 amide bonds. The van der Waals surface area contributed by atoms with Crippen molar-refractivity contribution in [2.24, 2.45) is 0 Å². The molecule has 7 heteroatoms. The van der Waals surface area contributed by atoms with Crippen LogP contribution in [-0.4, -0.2) is 38.9 Å². The largest absolute Gasteiger partial charge is 0.411 e. The van der Waals surface area contributed by atoms with Crippen molar-refractivity contribution in [1.29, 1.82) is 0 Å². The Morgan fingerprint density at radius 1 is 1.35 bits per heavy atom. The molecule has 0 aliphatic rings. The van der Waals surface area contributed by atoms with E-state index in [-0.39, 0.29) is 19.1 Å². The van der Waals surface area contributed by atoms with Gasteiger partial charge in [0, 0.05) is 24.8 Å². The number of aryl methyl sites for hydroxylation is 1. The third-order valence-electron chi connectivity index (χ3n) is 2.56. The van der Waals surface area contributed by atoms with Gasteiger partial charge in [-0.25, -0.2) is 0 Å². The topological polar surface area (TPSA) is 50.4 Å². The maximum Gasteiger partial charge on any atom is 0.411 e. The summed E-state index contributed by atoms with van der Waals surface area (Å²) in [4.78, 5) is 11.7. The molecule has 4 nitrogen and oxygen atoms in total. The Bertz CT molecular complexity index is 461. The van der Waals surface area contributed by atoms with E-state index < -0.39 is 12.8 Å². The summed E-state index contributed by atoms with van der Waals surface area (Å²) in [7, 11) is 1.78. The van der Waals surface area contributed by atoms with Gasteiger partial charge in [-0.15, -0.1) is 0 Å². The number of halogens is 3. The molecule has 0 saturated heterocycles. The average Bonchev–Trinajstić information content (AvgIpc) is 2.36. The Kier molecular flexibility index (Phi) is 5.82.